The summed E-state index contributed by atoms with van der Waals surface area (Å²) in [4.78, 5) is 7.91. The van der Waals surface area contributed by atoms with Gasteiger partial charge in [0.05, 0.1) is 0 Å². The van der Waals surface area contributed by atoms with Gasteiger partial charge in [-0.25, -0.2) is 14.5 Å². The Bertz CT molecular complexity index is 394. The number of hydrogen-bond acceptors (Lipinski definition) is 3. The summed E-state index contributed by atoms with van der Waals surface area (Å²) >= 11 is 5.75. The number of hydrogen-bond donors (Lipinski definition) is 0. The number of nitrogens with zero attached hydrogens (tertiary/aromatic N) is 4. The minimum Gasteiger partial charge on any atom is -0.224 e. The van der Waals surface area contributed by atoms with Crippen LogP contribution in [0.3, 0.4) is 0 Å². The summed E-state index contributed by atoms with van der Waals surface area (Å²) in [6, 6.07) is 0. The first-order valence-electron chi connectivity index (χ1n) is 3.09. The van der Waals surface area contributed by atoms with Crippen LogP contribution in [0.15, 0.2) is 12.7 Å². The van der Waals surface area contributed by atoms with Crippen LogP contribution in [0.5, 0.6) is 0 Å². The molecule has 2 aromatic rings. The van der Waals surface area contributed by atoms with Crippen molar-refractivity contribution in [2.45, 2.75) is 6.92 Å². The van der Waals surface area contributed by atoms with Gasteiger partial charge in [-0.2, -0.15) is 5.10 Å². The van der Waals surface area contributed by atoms with Crippen LogP contribution in [0, 0.1) is 6.92 Å². The normalized spacial score (nSPS) is 10.7. The van der Waals surface area contributed by atoms with Gasteiger partial charge < -0.3 is 0 Å². The number of fused-ring (bicyclic) bond motifs is 1. The molecule has 0 spiro atoms. The molecule has 0 saturated carbocycles. The first-order chi connectivity index (χ1) is 5.29. The van der Waals surface area contributed by atoms with E-state index >= 15 is 0 Å². The van der Waals surface area contributed by atoms with E-state index in [0.29, 0.717) is 5.15 Å². The SMILES string of the molecule is Cc1c(Cl)ncn2ncnc12. The van der Waals surface area contributed by atoms with Gasteiger partial charge in [0.25, 0.3) is 0 Å². The highest BCUT2D eigenvalue weighted by Gasteiger charge is 2.03. The Balaban J connectivity index is 2.93. The van der Waals surface area contributed by atoms with E-state index in [1.54, 1.807) is 4.52 Å². The van der Waals surface area contributed by atoms with Crippen molar-refractivity contribution in [1.82, 2.24) is 19.6 Å². The maximum atomic E-state index is 5.75. The molecule has 0 bridgehead atoms. The molecule has 4 nitrogen and oxygen atoms in total. The van der Waals surface area contributed by atoms with Crippen molar-refractivity contribution >= 4 is 17.2 Å². The molecular weight excluding hydrogens is 164 g/mol. The van der Waals surface area contributed by atoms with Crippen molar-refractivity contribution in [3.63, 3.8) is 0 Å². The van der Waals surface area contributed by atoms with E-state index < -0.39 is 0 Å². The number of aryl methyl sites for hydroxylation is 1. The molecule has 0 aliphatic rings. The van der Waals surface area contributed by atoms with Gasteiger partial charge in [-0.3, -0.25) is 0 Å². The van der Waals surface area contributed by atoms with Crippen molar-refractivity contribution < 1.29 is 0 Å². The molecule has 0 N–H and O–H groups in total. The largest absolute Gasteiger partial charge is 0.224 e. The average Bonchev–Trinajstić information content (AvgIpc) is 2.45. The predicted molar refractivity (Wildman–Crippen MR) is 40.5 cm³/mol. The van der Waals surface area contributed by atoms with Gasteiger partial charge in [0, 0.05) is 5.56 Å². The van der Waals surface area contributed by atoms with E-state index in [0.717, 1.165) is 11.2 Å². The highest BCUT2D eigenvalue weighted by Crippen LogP contribution is 2.13. The van der Waals surface area contributed by atoms with Gasteiger partial charge in [-0.05, 0) is 6.92 Å². The zero-order chi connectivity index (χ0) is 7.84. The summed E-state index contributed by atoms with van der Waals surface area (Å²) in [5, 5.41) is 4.38. The van der Waals surface area contributed by atoms with E-state index in [1.807, 2.05) is 6.92 Å². The molecule has 0 unspecified atom stereocenters. The Kier molecular flexibility index (Phi) is 1.29. The van der Waals surface area contributed by atoms with Gasteiger partial charge in [0.15, 0.2) is 5.65 Å². The molecule has 0 fully saturated rings. The molecule has 2 aromatic heterocycles. The van der Waals surface area contributed by atoms with Crippen LogP contribution in [0.4, 0.5) is 0 Å². The number of rotatable bonds is 0. The lowest BCUT2D eigenvalue weighted by molar-refractivity contribution is 0.914. The summed E-state index contributed by atoms with van der Waals surface area (Å²) in [5.41, 5.74) is 1.61. The fourth-order valence-electron chi connectivity index (χ4n) is 0.898. The maximum absolute atomic E-state index is 5.75. The van der Waals surface area contributed by atoms with Crippen molar-refractivity contribution in [3.05, 3.63) is 23.4 Å². The van der Waals surface area contributed by atoms with Gasteiger partial charge in [-0.1, -0.05) is 11.6 Å². The number of aromatic nitrogens is 4. The van der Waals surface area contributed by atoms with Gasteiger partial charge in [0.1, 0.15) is 17.8 Å². The minimum atomic E-state index is 0.477. The summed E-state index contributed by atoms with van der Waals surface area (Å²) in [5.74, 6) is 0. The van der Waals surface area contributed by atoms with Crippen molar-refractivity contribution in [2.24, 2.45) is 0 Å². The lowest BCUT2D eigenvalue weighted by atomic mass is 10.4. The second-order valence-corrected chi connectivity index (χ2v) is 2.55. The fourth-order valence-corrected chi connectivity index (χ4v) is 1.03. The van der Waals surface area contributed by atoms with E-state index in [-0.39, 0.29) is 0 Å². The molecule has 0 aliphatic heterocycles. The van der Waals surface area contributed by atoms with E-state index in [9.17, 15) is 0 Å². The van der Waals surface area contributed by atoms with E-state index in [2.05, 4.69) is 15.1 Å². The first kappa shape index (κ1) is 6.54. The third-order valence-corrected chi connectivity index (χ3v) is 1.88. The molecule has 5 heteroatoms. The molecule has 0 amide bonds. The van der Waals surface area contributed by atoms with Crippen molar-refractivity contribution in [3.8, 4) is 0 Å². The molecule has 11 heavy (non-hydrogen) atoms. The molecule has 0 saturated heterocycles. The lowest BCUT2D eigenvalue weighted by Gasteiger charge is -1.96. The van der Waals surface area contributed by atoms with Gasteiger partial charge >= 0.3 is 0 Å². The quantitative estimate of drug-likeness (QED) is 0.553. The molecule has 0 radical (unpaired) electrons. The van der Waals surface area contributed by atoms with Crippen molar-refractivity contribution in [2.75, 3.05) is 0 Å². The Hall–Kier alpha value is -1.16. The second-order valence-electron chi connectivity index (χ2n) is 2.19. The highest BCUT2D eigenvalue weighted by atomic mass is 35.5. The van der Waals surface area contributed by atoms with E-state index in [1.165, 1.54) is 12.7 Å². The Morgan fingerprint density at radius 3 is 3.09 bits per heavy atom. The lowest BCUT2D eigenvalue weighted by Crippen LogP contribution is -1.92. The average molecular weight is 169 g/mol. The molecule has 0 atom stereocenters. The summed E-state index contributed by atoms with van der Waals surface area (Å²) in [6.07, 6.45) is 3.01. The van der Waals surface area contributed by atoms with Crippen LogP contribution in [-0.2, 0) is 0 Å². The molecule has 0 aliphatic carbocycles. The summed E-state index contributed by atoms with van der Waals surface area (Å²) < 4.78 is 1.58. The van der Waals surface area contributed by atoms with Crippen LogP contribution in [-0.4, -0.2) is 19.6 Å². The fraction of sp³-hybridized carbons (Fsp3) is 0.167. The zero-order valence-corrected chi connectivity index (χ0v) is 6.58. The molecule has 0 aromatic carbocycles. The highest BCUT2D eigenvalue weighted by molar-refractivity contribution is 6.30. The Labute approximate surface area is 67.8 Å². The van der Waals surface area contributed by atoms with E-state index in [4.69, 9.17) is 11.6 Å². The number of halogens is 1. The smallest absolute Gasteiger partial charge is 0.163 e. The molecular formula is C6H5ClN4. The van der Waals surface area contributed by atoms with Crippen LogP contribution in [0.25, 0.3) is 5.65 Å². The first-order valence-corrected chi connectivity index (χ1v) is 3.47. The van der Waals surface area contributed by atoms with Gasteiger partial charge in [0.2, 0.25) is 0 Å². The second kappa shape index (κ2) is 2.17. The van der Waals surface area contributed by atoms with Gasteiger partial charge in [-0.15, -0.1) is 0 Å². The van der Waals surface area contributed by atoms with Crippen LogP contribution >= 0.6 is 11.6 Å². The third kappa shape index (κ3) is 0.867. The van der Waals surface area contributed by atoms with Crippen LogP contribution < -0.4 is 0 Å². The standard InChI is InChI=1S/C6H5ClN4/c1-4-5(7)9-3-11-6(4)8-2-10-11/h2-3H,1H3. The topological polar surface area (TPSA) is 43.1 Å². The van der Waals surface area contributed by atoms with Crippen LogP contribution in [0.2, 0.25) is 5.15 Å². The zero-order valence-electron chi connectivity index (χ0n) is 5.82. The maximum Gasteiger partial charge on any atom is 0.163 e. The third-order valence-electron chi connectivity index (χ3n) is 1.50. The monoisotopic (exact) mass is 168 g/mol. The molecule has 2 heterocycles. The molecule has 2 rings (SSSR count). The predicted octanol–water partition coefficient (Wildman–Crippen LogP) is 1.09. The van der Waals surface area contributed by atoms with Crippen LogP contribution in [0.1, 0.15) is 5.56 Å². The Morgan fingerprint density at radius 1 is 1.45 bits per heavy atom. The summed E-state index contributed by atoms with van der Waals surface area (Å²) in [6.45, 7) is 1.86. The summed E-state index contributed by atoms with van der Waals surface area (Å²) in [7, 11) is 0. The minimum absolute atomic E-state index is 0.477. The Morgan fingerprint density at radius 2 is 2.27 bits per heavy atom. The molecule has 56 valence electrons. The van der Waals surface area contributed by atoms with Crippen molar-refractivity contribution in [1.29, 1.82) is 0 Å².